The second-order valence-corrected chi connectivity index (χ2v) is 5.59. The molecule has 1 aromatic heterocycles. The van der Waals surface area contributed by atoms with Crippen molar-refractivity contribution >= 4 is 20.9 Å². The quantitative estimate of drug-likeness (QED) is 0.900. The van der Waals surface area contributed by atoms with Crippen LogP contribution in [-0.2, 0) is 10.0 Å². The largest absolute Gasteiger partial charge is 0.276 e. The summed E-state index contributed by atoms with van der Waals surface area (Å²) in [4.78, 5) is 0.288. The Kier molecular flexibility index (Phi) is 3.17. The van der Waals surface area contributed by atoms with Crippen molar-refractivity contribution in [1.29, 1.82) is 0 Å². The van der Waals surface area contributed by atoms with E-state index in [1.165, 1.54) is 4.31 Å². The second kappa shape index (κ2) is 4.46. The molecule has 92 valence electrons. The summed E-state index contributed by atoms with van der Waals surface area (Å²) >= 11 is 0. The van der Waals surface area contributed by atoms with Crippen molar-refractivity contribution in [3.05, 3.63) is 24.4 Å². The molecule has 0 bridgehead atoms. The number of hydrogen-bond donors (Lipinski definition) is 1. The SMILES string of the molecule is CCN(CC)S(=O)(=O)c1cccc2cn[nH]c12. The molecule has 1 N–H and O–H groups in total. The predicted molar refractivity (Wildman–Crippen MR) is 66.2 cm³/mol. The van der Waals surface area contributed by atoms with Gasteiger partial charge in [-0.05, 0) is 6.07 Å². The van der Waals surface area contributed by atoms with Crippen molar-refractivity contribution in [3.63, 3.8) is 0 Å². The molecule has 0 amide bonds. The maximum atomic E-state index is 12.4. The lowest BCUT2D eigenvalue weighted by molar-refractivity contribution is 0.446. The molecule has 1 heterocycles. The molecule has 5 nitrogen and oxygen atoms in total. The first kappa shape index (κ1) is 12.1. The Balaban J connectivity index is 2.64. The number of H-pyrrole nitrogens is 1. The highest BCUT2D eigenvalue weighted by Gasteiger charge is 2.24. The van der Waals surface area contributed by atoms with E-state index >= 15 is 0 Å². The van der Waals surface area contributed by atoms with Crippen LogP contribution < -0.4 is 0 Å². The minimum atomic E-state index is -3.44. The average Bonchev–Trinajstić information content (AvgIpc) is 2.77. The summed E-state index contributed by atoms with van der Waals surface area (Å²) in [5.41, 5.74) is 0.569. The van der Waals surface area contributed by atoms with Crippen molar-refractivity contribution in [3.8, 4) is 0 Å². The van der Waals surface area contributed by atoms with Crippen LogP contribution in [0.3, 0.4) is 0 Å². The van der Waals surface area contributed by atoms with Gasteiger partial charge in [-0.2, -0.15) is 9.40 Å². The maximum Gasteiger partial charge on any atom is 0.245 e. The average molecular weight is 253 g/mol. The maximum absolute atomic E-state index is 12.4. The Morgan fingerprint density at radius 3 is 2.65 bits per heavy atom. The lowest BCUT2D eigenvalue weighted by atomic mass is 10.3. The Labute approximate surface area is 100 Å². The molecular formula is C11H15N3O2S. The fraction of sp³-hybridized carbons (Fsp3) is 0.364. The smallest absolute Gasteiger partial charge is 0.245 e. The van der Waals surface area contributed by atoms with Crippen molar-refractivity contribution in [1.82, 2.24) is 14.5 Å². The first-order chi connectivity index (χ1) is 8.11. The molecule has 0 aliphatic rings. The first-order valence-electron chi connectivity index (χ1n) is 5.53. The van der Waals surface area contributed by atoms with Gasteiger partial charge in [0.15, 0.2) is 0 Å². The Morgan fingerprint density at radius 2 is 2.00 bits per heavy atom. The van der Waals surface area contributed by atoms with E-state index < -0.39 is 10.0 Å². The third-order valence-electron chi connectivity index (χ3n) is 2.76. The van der Waals surface area contributed by atoms with Gasteiger partial charge in [-0.15, -0.1) is 0 Å². The topological polar surface area (TPSA) is 66.1 Å². The van der Waals surface area contributed by atoms with Gasteiger partial charge in [0.05, 0.1) is 11.7 Å². The molecule has 0 unspecified atom stereocenters. The number of benzene rings is 1. The third-order valence-corrected chi connectivity index (χ3v) is 4.85. The number of para-hydroxylation sites is 1. The van der Waals surface area contributed by atoms with Crippen LogP contribution in [0.2, 0.25) is 0 Å². The van der Waals surface area contributed by atoms with Gasteiger partial charge in [-0.3, -0.25) is 5.10 Å². The number of hydrogen-bond acceptors (Lipinski definition) is 3. The summed E-state index contributed by atoms with van der Waals surface area (Å²) in [7, 11) is -3.44. The Hall–Kier alpha value is -1.40. The van der Waals surface area contributed by atoms with E-state index in [1.54, 1.807) is 18.3 Å². The molecule has 1 aromatic carbocycles. The van der Waals surface area contributed by atoms with Gasteiger partial charge in [-0.1, -0.05) is 26.0 Å². The normalized spacial score (nSPS) is 12.4. The van der Waals surface area contributed by atoms with Crippen LogP contribution >= 0.6 is 0 Å². The van der Waals surface area contributed by atoms with E-state index in [0.29, 0.717) is 18.6 Å². The summed E-state index contributed by atoms with van der Waals surface area (Å²) in [6, 6.07) is 5.17. The van der Waals surface area contributed by atoms with Gasteiger partial charge in [0, 0.05) is 18.5 Å². The summed E-state index contributed by atoms with van der Waals surface area (Å²) < 4.78 is 26.2. The molecule has 0 atom stereocenters. The van der Waals surface area contributed by atoms with Crippen LogP contribution in [0, 0.1) is 0 Å². The Bertz CT molecular complexity index is 614. The van der Waals surface area contributed by atoms with Crippen LogP contribution in [0.5, 0.6) is 0 Å². The fourth-order valence-corrected chi connectivity index (χ4v) is 3.49. The second-order valence-electron chi connectivity index (χ2n) is 3.68. The summed E-state index contributed by atoms with van der Waals surface area (Å²) in [6.07, 6.45) is 1.62. The van der Waals surface area contributed by atoms with Gasteiger partial charge in [0.1, 0.15) is 4.90 Å². The minimum Gasteiger partial charge on any atom is -0.276 e. The van der Waals surface area contributed by atoms with Crippen LogP contribution in [0.1, 0.15) is 13.8 Å². The zero-order valence-corrected chi connectivity index (χ0v) is 10.7. The highest BCUT2D eigenvalue weighted by atomic mass is 32.2. The molecule has 0 spiro atoms. The number of rotatable bonds is 4. The van der Waals surface area contributed by atoms with Gasteiger partial charge in [-0.25, -0.2) is 8.42 Å². The van der Waals surface area contributed by atoms with Gasteiger partial charge < -0.3 is 0 Å². The summed E-state index contributed by atoms with van der Waals surface area (Å²) in [6.45, 7) is 4.58. The van der Waals surface area contributed by atoms with Crippen molar-refractivity contribution in [2.24, 2.45) is 0 Å². The van der Waals surface area contributed by atoms with Crippen molar-refractivity contribution < 1.29 is 8.42 Å². The number of sulfonamides is 1. The molecule has 0 saturated heterocycles. The highest BCUT2D eigenvalue weighted by molar-refractivity contribution is 7.89. The van der Waals surface area contributed by atoms with E-state index in [1.807, 2.05) is 19.9 Å². The molecule has 6 heteroatoms. The molecule has 0 radical (unpaired) electrons. The molecular weight excluding hydrogens is 238 g/mol. The van der Waals surface area contributed by atoms with Crippen molar-refractivity contribution in [2.45, 2.75) is 18.7 Å². The minimum absolute atomic E-state index is 0.288. The monoisotopic (exact) mass is 253 g/mol. The number of nitrogens with zero attached hydrogens (tertiary/aromatic N) is 2. The third kappa shape index (κ3) is 1.94. The number of fused-ring (bicyclic) bond motifs is 1. The first-order valence-corrected chi connectivity index (χ1v) is 6.97. The van der Waals surface area contributed by atoms with Gasteiger partial charge in [0.2, 0.25) is 10.0 Å². The summed E-state index contributed by atoms with van der Waals surface area (Å²) in [5, 5.41) is 7.42. The zero-order valence-electron chi connectivity index (χ0n) is 9.84. The molecule has 0 fully saturated rings. The van der Waals surface area contributed by atoms with Gasteiger partial charge >= 0.3 is 0 Å². The van der Waals surface area contributed by atoms with Gasteiger partial charge in [0.25, 0.3) is 0 Å². The van der Waals surface area contributed by atoms with E-state index in [9.17, 15) is 8.42 Å². The number of aromatic nitrogens is 2. The van der Waals surface area contributed by atoms with Crippen LogP contribution in [0.25, 0.3) is 10.9 Å². The van der Waals surface area contributed by atoms with E-state index in [2.05, 4.69) is 10.2 Å². The fourth-order valence-electron chi connectivity index (χ4n) is 1.86. The number of nitrogens with one attached hydrogen (secondary N) is 1. The lowest BCUT2D eigenvalue weighted by Crippen LogP contribution is -2.30. The molecule has 0 aliphatic carbocycles. The molecule has 2 aromatic rings. The zero-order chi connectivity index (χ0) is 12.5. The molecule has 0 aliphatic heterocycles. The standard InChI is InChI=1S/C11H15N3O2S/c1-3-14(4-2)17(15,16)10-7-5-6-9-8-12-13-11(9)10/h5-8H,3-4H2,1-2H3,(H,12,13). The number of aromatic amines is 1. The van der Waals surface area contributed by atoms with E-state index in [-0.39, 0.29) is 4.90 Å². The van der Waals surface area contributed by atoms with E-state index in [4.69, 9.17) is 0 Å². The summed E-state index contributed by atoms with van der Waals surface area (Å²) in [5.74, 6) is 0. The van der Waals surface area contributed by atoms with Crippen LogP contribution in [-0.4, -0.2) is 36.0 Å². The molecule has 17 heavy (non-hydrogen) atoms. The molecule has 2 rings (SSSR count). The lowest BCUT2D eigenvalue weighted by Gasteiger charge is -2.18. The van der Waals surface area contributed by atoms with Crippen LogP contribution in [0.4, 0.5) is 0 Å². The van der Waals surface area contributed by atoms with Crippen LogP contribution in [0.15, 0.2) is 29.3 Å². The predicted octanol–water partition coefficient (Wildman–Crippen LogP) is 1.59. The highest BCUT2D eigenvalue weighted by Crippen LogP contribution is 2.23. The van der Waals surface area contributed by atoms with Crippen molar-refractivity contribution in [2.75, 3.05) is 13.1 Å². The Morgan fingerprint density at radius 1 is 1.29 bits per heavy atom. The molecule has 0 saturated carbocycles. The van der Waals surface area contributed by atoms with E-state index in [0.717, 1.165) is 5.39 Å².